The van der Waals surface area contributed by atoms with Crippen LogP contribution in [0.4, 0.5) is 0 Å². The van der Waals surface area contributed by atoms with Crippen LogP contribution in [-0.2, 0) is 4.79 Å². The fraction of sp³-hybridized carbons (Fsp3) is 0.667. The van der Waals surface area contributed by atoms with E-state index in [2.05, 4.69) is 6.58 Å². The lowest BCUT2D eigenvalue weighted by molar-refractivity contribution is -0.300. The second-order valence-corrected chi connectivity index (χ2v) is 3.06. The van der Waals surface area contributed by atoms with Crippen molar-refractivity contribution in [3.8, 4) is 0 Å². The molecule has 0 unspecified atom stereocenters. The van der Waals surface area contributed by atoms with Gasteiger partial charge in [-0.3, -0.25) is 0 Å². The normalized spacial score (nSPS) is 17.4. The molecule has 16 heavy (non-hydrogen) atoms. The lowest BCUT2D eigenvalue weighted by atomic mass is 10.0. The molecule has 4 atom stereocenters. The zero-order chi connectivity index (χ0) is 13.3. The third-order valence-electron chi connectivity index (χ3n) is 1.42. The highest BCUT2D eigenvalue weighted by molar-refractivity contribution is 5.56. The molecule has 0 aromatic heterocycles. The van der Waals surface area contributed by atoms with Crippen LogP contribution in [0, 0.1) is 0 Å². The van der Waals surface area contributed by atoms with Crippen molar-refractivity contribution in [2.75, 3.05) is 6.61 Å². The fourth-order valence-corrected chi connectivity index (χ4v) is 0.618. The molecule has 0 bridgehead atoms. The van der Waals surface area contributed by atoms with E-state index >= 15 is 0 Å². The molecule has 0 aliphatic rings. The van der Waals surface area contributed by atoms with Gasteiger partial charge >= 0.3 is 0 Å². The Bertz CT molecular complexity index is 202. The van der Waals surface area contributed by atoms with Crippen LogP contribution >= 0.6 is 0 Å². The molecule has 0 saturated carbocycles. The van der Waals surface area contributed by atoms with Gasteiger partial charge in [-0.15, -0.1) is 12.3 Å². The summed E-state index contributed by atoms with van der Waals surface area (Å²) in [6, 6.07) is 0. The molecule has 7 nitrogen and oxygen atoms in total. The molecule has 0 aromatic rings. The van der Waals surface area contributed by atoms with Crippen molar-refractivity contribution >= 4 is 6.29 Å². The molecule has 5 N–H and O–H groups in total. The van der Waals surface area contributed by atoms with Crippen LogP contribution in [0.25, 0.3) is 0 Å². The molecule has 0 amide bonds. The van der Waals surface area contributed by atoms with Crippen LogP contribution in [0.2, 0.25) is 0 Å². The average molecular weight is 237 g/mol. The summed E-state index contributed by atoms with van der Waals surface area (Å²) in [5.41, 5.74) is 0. The smallest absolute Gasteiger partial charge is 0.151 e. The molecule has 0 radical (unpaired) electrons. The van der Waals surface area contributed by atoms with E-state index in [0.717, 1.165) is 0 Å². The zero-order valence-electron chi connectivity index (χ0n) is 8.85. The van der Waals surface area contributed by atoms with Crippen LogP contribution in [0.15, 0.2) is 12.3 Å². The van der Waals surface area contributed by atoms with Crippen molar-refractivity contribution in [1.29, 1.82) is 0 Å². The van der Waals surface area contributed by atoms with E-state index in [-0.39, 0.29) is 12.0 Å². The molecule has 0 aromatic carbocycles. The van der Waals surface area contributed by atoms with E-state index in [1.54, 1.807) is 0 Å². The average Bonchev–Trinajstić information content (AvgIpc) is 2.24. The number of aliphatic hydroxyl groups is 5. The number of carbonyl (C=O) groups excluding carboxylic acids is 1. The summed E-state index contributed by atoms with van der Waals surface area (Å²) in [7, 11) is 0. The maximum Gasteiger partial charge on any atom is 0.151 e. The van der Waals surface area contributed by atoms with Gasteiger partial charge in [0.2, 0.25) is 0 Å². The summed E-state index contributed by atoms with van der Waals surface area (Å²) in [6.45, 7) is 3.66. The van der Waals surface area contributed by atoms with Gasteiger partial charge in [0, 0.05) is 0 Å². The van der Waals surface area contributed by atoms with Crippen LogP contribution in [0.1, 0.15) is 6.92 Å². The summed E-state index contributed by atoms with van der Waals surface area (Å²) in [5, 5.41) is 52.9. The Morgan fingerprint density at radius 2 is 1.69 bits per heavy atom. The number of allylic oxidation sites excluding steroid dienone is 1. The van der Waals surface area contributed by atoms with Gasteiger partial charge in [-0.05, 0) is 0 Å². The highest BCUT2D eigenvalue weighted by atomic mass is 16.4. The Hall–Kier alpha value is -0.990. The fourth-order valence-electron chi connectivity index (χ4n) is 0.618. The minimum atomic E-state index is -1.79. The van der Waals surface area contributed by atoms with Crippen molar-refractivity contribution in [1.82, 2.24) is 0 Å². The number of hydrogen-bond donors (Lipinski definition) is 5. The Labute approximate surface area is 92.9 Å². The standard InChI is InChI=1S/C6H12O6.C3H6O/c7-1-3(9)5(11)6(12)4(10)2-8;1-3(2)4/h1,3-6,8-12H,2H2;4H,1H2,2H3/p-1/t3-,4+,5+,6+;/m0./s1. The number of aldehydes is 1. The molecule has 0 fully saturated rings. The molecule has 0 heterocycles. The van der Waals surface area contributed by atoms with Crippen molar-refractivity contribution in [2.45, 2.75) is 31.3 Å². The second-order valence-electron chi connectivity index (χ2n) is 3.06. The molecule has 96 valence electrons. The van der Waals surface area contributed by atoms with Crippen molar-refractivity contribution < 1.29 is 35.4 Å². The predicted molar refractivity (Wildman–Crippen MR) is 52.0 cm³/mol. The van der Waals surface area contributed by atoms with Gasteiger partial charge in [0.15, 0.2) is 6.29 Å². The first-order chi connectivity index (χ1) is 7.27. The van der Waals surface area contributed by atoms with Gasteiger partial charge in [-0.1, -0.05) is 6.92 Å². The Balaban J connectivity index is 0. The Morgan fingerprint density at radius 1 is 1.31 bits per heavy atom. The summed E-state index contributed by atoms with van der Waals surface area (Å²) in [4.78, 5) is 9.90. The first kappa shape index (κ1) is 17.4. The summed E-state index contributed by atoms with van der Waals surface area (Å²) in [5.74, 6) is -0.0833. The molecule has 7 heteroatoms. The highest BCUT2D eigenvalue weighted by Gasteiger charge is 2.29. The molecule has 0 aliphatic carbocycles. The van der Waals surface area contributed by atoms with Gasteiger partial charge in [0.05, 0.1) is 6.61 Å². The zero-order valence-corrected chi connectivity index (χ0v) is 8.85. The lowest BCUT2D eigenvalue weighted by Gasteiger charge is -2.22. The quantitative estimate of drug-likeness (QED) is 0.247. The maximum absolute atomic E-state index is 9.90. The van der Waals surface area contributed by atoms with Crippen LogP contribution < -0.4 is 5.11 Å². The van der Waals surface area contributed by atoms with E-state index in [4.69, 9.17) is 25.5 Å². The molecule has 0 rings (SSSR count). The Morgan fingerprint density at radius 3 is 1.94 bits per heavy atom. The molecular formula is C9H17O7-. The SMILES string of the molecule is C=C(C)[O-].O=C[C@H](O)[C@@H](O)[C@H](O)[C@H](O)CO. The first-order valence-electron chi connectivity index (χ1n) is 4.38. The monoisotopic (exact) mass is 237 g/mol. The van der Waals surface area contributed by atoms with E-state index < -0.39 is 31.0 Å². The van der Waals surface area contributed by atoms with Crippen LogP contribution in [0.3, 0.4) is 0 Å². The van der Waals surface area contributed by atoms with Crippen molar-refractivity contribution in [3.63, 3.8) is 0 Å². The third kappa shape index (κ3) is 8.33. The number of aliphatic hydroxyl groups excluding tert-OH is 5. The highest BCUT2D eigenvalue weighted by Crippen LogP contribution is 2.02. The molecule has 0 saturated heterocycles. The summed E-state index contributed by atoms with van der Waals surface area (Å²) < 4.78 is 0. The van der Waals surface area contributed by atoms with Crippen molar-refractivity contribution in [3.05, 3.63) is 12.3 Å². The minimum absolute atomic E-state index is 0.0258. The largest absolute Gasteiger partial charge is 0.876 e. The van der Waals surface area contributed by atoms with Crippen molar-refractivity contribution in [2.24, 2.45) is 0 Å². The maximum atomic E-state index is 9.90. The summed E-state index contributed by atoms with van der Waals surface area (Å²) in [6.07, 6.45) is -6.84. The summed E-state index contributed by atoms with van der Waals surface area (Å²) >= 11 is 0. The van der Waals surface area contributed by atoms with E-state index in [0.29, 0.717) is 0 Å². The molecule has 0 aliphatic heterocycles. The van der Waals surface area contributed by atoms with Gasteiger partial charge < -0.3 is 35.4 Å². The third-order valence-corrected chi connectivity index (χ3v) is 1.42. The Kier molecular flexibility index (Phi) is 10.1. The van der Waals surface area contributed by atoms with Crippen LogP contribution in [0.5, 0.6) is 0 Å². The predicted octanol–water partition coefficient (Wildman–Crippen LogP) is -3.50. The topological polar surface area (TPSA) is 141 Å². The second kappa shape index (κ2) is 9.25. The number of carbonyl (C=O) groups is 1. The van der Waals surface area contributed by atoms with E-state index in [9.17, 15) is 9.90 Å². The van der Waals surface area contributed by atoms with Gasteiger partial charge in [-0.25, -0.2) is 0 Å². The minimum Gasteiger partial charge on any atom is -0.876 e. The number of rotatable bonds is 5. The van der Waals surface area contributed by atoms with Gasteiger partial charge in [0.25, 0.3) is 0 Å². The molecular weight excluding hydrogens is 220 g/mol. The van der Waals surface area contributed by atoms with Gasteiger partial charge in [0.1, 0.15) is 24.4 Å². The van der Waals surface area contributed by atoms with E-state index in [1.807, 2.05) is 0 Å². The molecule has 0 spiro atoms. The van der Waals surface area contributed by atoms with Gasteiger partial charge in [-0.2, -0.15) is 0 Å². The van der Waals surface area contributed by atoms with E-state index in [1.165, 1.54) is 6.92 Å². The lowest BCUT2D eigenvalue weighted by Crippen LogP contribution is -2.46. The first-order valence-corrected chi connectivity index (χ1v) is 4.38. The van der Waals surface area contributed by atoms with Crippen LogP contribution in [-0.4, -0.2) is 62.8 Å². The number of hydrogen-bond acceptors (Lipinski definition) is 7.